The molecule has 1 amide bonds. The van der Waals surface area contributed by atoms with E-state index in [0.717, 1.165) is 12.1 Å². The molecule has 2 aromatic carbocycles. The van der Waals surface area contributed by atoms with Crippen molar-refractivity contribution in [1.29, 1.82) is 0 Å². The molecule has 0 saturated carbocycles. The number of aliphatic hydroxyl groups is 4. The third kappa shape index (κ3) is 5.72. The second-order valence-corrected chi connectivity index (χ2v) is 7.20. The number of benzene rings is 2. The molecule has 3 unspecified atom stereocenters. The Labute approximate surface area is 185 Å². The summed E-state index contributed by atoms with van der Waals surface area (Å²) < 4.78 is 53.8. The Morgan fingerprint density at radius 2 is 1.67 bits per heavy atom. The SMILES string of the molecule is CNC(=O)c1ccc(Oc2ccc(OC(F)(F)F)c([C@H]3OC(CO)[C@@H](O)C(O)C3O)c2)cc1. The minimum absolute atomic E-state index is 0.0316. The smallest absolute Gasteiger partial charge is 0.457 e. The lowest BCUT2D eigenvalue weighted by Crippen LogP contribution is -2.55. The highest BCUT2D eigenvalue weighted by molar-refractivity contribution is 5.94. The summed E-state index contributed by atoms with van der Waals surface area (Å²) in [5.74, 6) is -0.759. The van der Waals surface area contributed by atoms with E-state index in [0.29, 0.717) is 5.56 Å². The summed E-state index contributed by atoms with van der Waals surface area (Å²) in [5, 5.41) is 42.2. The standard InChI is InChI=1S/C21H22F3NO8/c1-25-20(30)10-2-4-11(5-3-10)31-12-6-7-14(33-21(22,23)24)13(8-12)19-18(29)17(28)16(27)15(9-26)32-19/h2-8,15-19,26-29H,9H2,1H3,(H,25,30)/t15?,16-,17?,18?,19-/m1/s1. The van der Waals surface area contributed by atoms with E-state index in [1.807, 2.05) is 0 Å². The van der Waals surface area contributed by atoms with Gasteiger partial charge in [0.25, 0.3) is 5.91 Å². The van der Waals surface area contributed by atoms with E-state index in [1.54, 1.807) is 0 Å². The first kappa shape index (κ1) is 24.7. The van der Waals surface area contributed by atoms with Gasteiger partial charge in [0.2, 0.25) is 0 Å². The molecule has 0 spiro atoms. The molecule has 1 fully saturated rings. The molecule has 0 aliphatic carbocycles. The van der Waals surface area contributed by atoms with Crippen molar-refractivity contribution in [1.82, 2.24) is 5.32 Å². The van der Waals surface area contributed by atoms with Gasteiger partial charge < -0.3 is 40.0 Å². The first-order valence-electron chi connectivity index (χ1n) is 9.74. The fourth-order valence-electron chi connectivity index (χ4n) is 3.34. The summed E-state index contributed by atoms with van der Waals surface area (Å²) in [5.41, 5.74) is 0.0319. The average molecular weight is 473 g/mol. The van der Waals surface area contributed by atoms with Crippen LogP contribution in [0.15, 0.2) is 42.5 Å². The molecule has 5 atom stereocenters. The van der Waals surface area contributed by atoms with Crippen LogP contribution >= 0.6 is 0 Å². The van der Waals surface area contributed by atoms with Crippen LogP contribution < -0.4 is 14.8 Å². The number of carbonyl (C=O) groups excluding carboxylic acids is 1. The fraction of sp³-hybridized carbons (Fsp3) is 0.381. The van der Waals surface area contributed by atoms with Gasteiger partial charge >= 0.3 is 6.36 Å². The number of aliphatic hydroxyl groups excluding tert-OH is 4. The number of amides is 1. The molecule has 2 aromatic rings. The molecule has 0 radical (unpaired) electrons. The summed E-state index contributed by atoms with van der Waals surface area (Å²) in [6.07, 6.45) is -13.3. The van der Waals surface area contributed by atoms with Crippen LogP contribution in [0.3, 0.4) is 0 Å². The van der Waals surface area contributed by atoms with Crippen LogP contribution in [0.2, 0.25) is 0 Å². The molecule has 33 heavy (non-hydrogen) atoms. The summed E-state index contributed by atoms with van der Waals surface area (Å²) in [4.78, 5) is 11.6. The molecule has 3 rings (SSSR count). The fourth-order valence-corrected chi connectivity index (χ4v) is 3.34. The van der Waals surface area contributed by atoms with E-state index in [2.05, 4.69) is 10.1 Å². The van der Waals surface area contributed by atoms with Gasteiger partial charge in [-0.1, -0.05) is 0 Å². The Bertz CT molecular complexity index is 967. The zero-order valence-corrected chi connectivity index (χ0v) is 17.2. The van der Waals surface area contributed by atoms with Crippen molar-refractivity contribution >= 4 is 5.91 Å². The van der Waals surface area contributed by atoms with Crippen molar-refractivity contribution in [2.24, 2.45) is 0 Å². The van der Waals surface area contributed by atoms with Crippen molar-refractivity contribution in [2.45, 2.75) is 36.9 Å². The van der Waals surface area contributed by atoms with E-state index in [4.69, 9.17) is 9.47 Å². The Hall–Kier alpha value is -2.90. The highest BCUT2D eigenvalue weighted by Gasteiger charge is 2.45. The lowest BCUT2D eigenvalue weighted by Gasteiger charge is -2.40. The number of nitrogens with one attached hydrogen (secondary N) is 1. The lowest BCUT2D eigenvalue weighted by molar-refractivity contribution is -0.276. The van der Waals surface area contributed by atoms with Gasteiger partial charge in [0.1, 0.15) is 47.8 Å². The van der Waals surface area contributed by atoms with Crippen LogP contribution in [-0.4, -0.2) is 70.8 Å². The maximum atomic E-state index is 12.9. The number of hydrogen-bond donors (Lipinski definition) is 5. The predicted octanol–water partition coefficient (Wildman–Crippen LogP) is 1.25. The van der Waals surface area contributed by atoms with Crippen molar-refractivity contribution < 1.29 is 52.6 Å². The second kappa shape index (κ2) is 9.93. The number of rotatable bonds is 6. The lowest BCUT2D eigenvalue weighted by atomic mass is 9.90. The predicted molar refractivity (Wildman–Crippen MR) is 106 cm³/mol. The van der Waals surface area contributed by atoms with Gasteiger partial charge in [-0.3, -0.25) is 4.79 Å². The van der Waals surface area contributed by atoms with E-state index < -0.39 is 49.2 Å². The zero-order valence-electron chi connectivity index (χ0n) is 17.2. The first-order chi connectivity index (χ1) is 15.5. The molecule has 9 nitrogen and oxygen atoms in total. The minimum atomic E-state index is -5.07. The monoisotopic (exact) mass is 473 g/mol. The molecule has 1 aliphatic rings. The summed E-state index contributed by atoms with van der Waals surface area (Å²) >= 11 is 0. The van der Waals surface area contributed by atoms with Crippen LogP contribution in [0.25, 0.3) is 0 Å². The molecular formula is C21H22F3NO8. The number of halogens is 3. The molecule has 1 saturated heterocycles. The van der Waals surface area contributed by atoms with Crippen molar-refractivity contribution in [3.63, 3.8) is 0 Å². The van der Waals surface area contributed by atoms with E-state index >= 15 is 0 Å². The molecule has 5 N–H and O–H groups in total. The third-order valence-electron chi connectivity index (χ3n) is 4.99. The quantitative estimate of drug-likeness (QED) is 0.423. The highest BCUT2D eigenvalue weighted by atomic mass is 19.4. The van der Waals surface area contributed by atoms with Crippen LogP contribution in [0.5, 0.6) is 17.2 Å². The molecule has 1 heterocycles. The summed E-state index contributed by atoms with van der Waals surface area (Å²) in [7, 11) is 1.47. The van der Waals surface area contributed by atoms with Crippen LogP contribution in [0, 0.1) is 0 Å². The van der Waals surface area contributed by atoms with Gasteiger partial charge in [0.15, 0.2) is 0 Å². The van der Waals surface area contributed by atoms with Gasteiger partial charge in [0, 0.05) is 18.2 Å². The molecular weight excluding hydrogens is 451 g/mol. The van der Waals surface area contributed by atoms with E-state index in [1.165, 1.54) is 37.4 Å². The average Bonchev–Trinajstić information content (AvgIpc) is 2.78. The van der Waals surface area contributed by atoms with Crippen LogP contribution in [0.4, 0.5) is 13.2 Å². The van der Waals surface area contributed by atoms with E-state index in [-0.39, 0.29) is 23.0 Å². The highest BCUT2D eigenvalue weighted by Crippen LogP contribution is 2.41. The second-order valence-electron chi connectivity index (χ2n) is 7.20. The Morgan fingerprint density at radius 1 is 1.03 bits per heavy atom. The van der Waals surface area contributed by atoms with Crippen molar-refractivity contribution in [3.05, 3.63) is 53.6 Å². The van der Waals surface area contributed by atoms with Gasteiger partial charge in [0.05, 0.1) is 6.61 Å². The van der Waals surface area contributed by atoms with Gasteiger partial charge in [-0.2, -0.15) is 0 Å². The maximum absolute atomic E-state index is 12.9. The largest absolute Gasteiger partial charge is 0.573 e. The Balaban J connectivity index is 1.95. The number of alkyl halides is 3. The minimum Gasteiger partial charge on any atom is -0.457 e. The molecule has 180 valence electrons. The first-order valence-corrected chi connectivity index (χ1v) is 9.74. The van der Waals surface area contributed by atoms with E-state index in [9.17, 15) is 38.4 Å². The third-order valence-corrected chi connectivity index (χ3v) is 4.99. The Kier molecular flexibility index (Phi) is 7.44. The van der Waals surface area contributed by atoms with Crippen LogP contribution in [-0.2, 0) is 4.74 Å². The van der Waals surface area contributed by atoms with Crippen molar-refractivity contribution in [3.8, 4) is 17.2 Å². The van der Waals surface area contributed by atoms with Crippen molar-refractivity contribution in [2.75, 3.05) is 13.7 Å². The molecule has 0 bridgehead atoms. The normalized spacial score (nSPS) is 25.4. The van der Waals surface area contributed by atoms with Crippen LogP contribution in [0.1, 0.15) is 22.0 Å². The summed E-state index contributed by atoms with van der Waals surface area (Å²) in [6.45, 7) is -0.759. The topological polar surface area (TPSA) is 138 Å². The van der Waals surface area contributed by atoms with Gasteiger partial charge in [-0.05, 0) is 42.5 Å². The Morgan fingerprint density at radius 3 is 2.24 bits per heavy atom. The molecule has 0 aromatic heterocycles. The van der Waals surface area contributed by atoms with Gasteiger partial charge in [-0.15, -0.1) is 13.2 Å². The number of ether oxygens (including phenoxy) is 3. The zero-order chi connectivity index (χ0) is 24.3. The summed E-state index contributed by atoms with van der Waals surface area (Å²) in [6, 6.07) is 9.14. The molecule has 1 aliphatic heterocycles. The van der Waals surface area contributed by atoms with Gasteiger partial charge in [-0.25, -0.2) is 0 Å². The molecule has 12 heteroatoms. The maximum Gasteiger partial charge on any atom is 0.573 e. The number of hydrogen-bond acceptors (Lipinski definition) is 8. The number of carbonyl (C=O) groups is 1.